The van der Waals surface area contributed by atoms with Crippen LogP contribution in [0.5, 0.6) is 0 Å². The normalized spacial score (nSPS) is 17.8. The van der Waals surface area contributed by atoms with E-state index in [0.29, 0.717) is 42.1 Å². The van der Waals surface area contributed by atoms with E-state index in [1.54, 1.807) is 6.07 Å². The quantitative estimate of drug-likeness (QED) is 0.195. The van der Waals surface area contributed by atoms with Crippen molar-refractivity contribution in [2.24, 2.45) is 11.8 Å². The van der Waals surface area contributed by atoms with Crippen LogP contribution in [0.1, 0.15) is 115 Å². The van der Waals surface area contributed by atoms with E-state index in [4.69, 9.17) is 0 Å². The lowest BCUT2D eigenvalue weighted by atomic mass is 9.78. The molecule has 0 radical (unpaired) electrons. The maximum absolute atomic E-state index is 15.3. The Hall–Kier alpha value is -1.91. The molecule has 35 heavy (non-hydrogen) atoms. The van der Waals surface area contributed by atoms with Gasteiger partial charge in [-0.25, -0.2) is 13.8 Å². The maximum atomic E-state index is 15.3. The van der Waals surface area contributed by atoms with E-state index < -0.39 is 23.4 Å². The molecule has 2 nitrogen and oxygen atoms in total. The summed E-state index contributed by atoms with van der Waals surface area (Å²) in [7, 11) is 0. The molecular weight excluding hydrogens is 445 g/mol. The van der Waals surface area contributed by atoms with Gasteiger partial charge in [0.25, 0.3) is 5.92 Å². The Bertz CT molecular complexity index is 911. The van der Waals surface area contributed by atoms with Crippen molar-refractivity contribution in [1.29, 1.82) is 0 Å². The summed E-state index contributed by atoms with van der Waals surface area (Å²) in [4.78, 5) is 8.43. The van der Waals surface area contributed by atoms with E-state index in [-0.39, 0.29) is 0 Å². The number of hydrogen-bond acceptors (Lipinski definition) is 2. The fraction of sp³-hybridized carbons (Fsp3) is 0.667. The van der Waals surface area contributed by atoms with E-state index in [1.807, 2.05) is 18.3 Å². The summed E-state index contributed by atoms with van der Waals surface area (Å²) in [5.41, 5.74) is 1.91. The monoisotopic (exact) mass is 488 g/mol. The van der Waals surface area contributed by atoms with Crippen molar-refractivity contribution in [3.8, 4) is 11.4 Å². The Kier molecular flexibility index (Phi) is 10.6. The van der Waals surface area contributed by atoms with Crippen molar-refractivity contribution in [1.82, 2.24) is 9.97 Å². The third-order valence-corrected chi connectivity index (χ3v) is 7.54. The lowest BCUT2D eigenvalue weighted by Crippen LogP contribution is -2.33. The average Bonchev–Trinajstić information content (AvgIpc) is 2.83. The van der Waals surface area contributed by atoms with Gasteiger partial charge in [0.05, 0.1) is 17.0 Å². The fourth-order valence-corrected chi connectivity index (χ4v) is 5.39. The molecule has 0 saturated heterocycles. The average molecular weight is 489 g/mol. The first kappa shape index (κ1) is 27.7. The van der Waals surface area contributed by atoms with Gasteiger partial charge in [-0.1, -0.05) is 91.0 Å². The second-order valence-corrected chi connectivity index (χ2v) is 10.6. The van der Waals surface area contributed by atoms with Crippen molar-refractivity contribution in [3.05, 3.63) is 47.0 Å². The third-order valence-electron chi connectivity index (χ3n) is 7.54. The summed E-state index contributed by atoms with van der Waals surface area (Å²) < 4.78 is 45.6. The fourth-order valence-electron chi connectivity index (χ4n) is 5.39. The molecule has 5 heteroatoms. The lowest BCUT2D eigenvalue weighted by Gasteiger charge is -2.33. The summed E-state index contributed by atoms with van der Waals surface area (Å²) in [6.07, 6.45) is 15.3. The molecule has 1 aliphatic rings. The summed E-state index contributed by atoms with van der Waals surface area (Å²) in [5.74, 6) is -4.43. The summed E-state index contributed by atoms with van der Waals surface area (Å²) in [6.45, 7) is 6.62. The van der Waals surface area contributed by atoms with E-state index >= 15 is 8.78 Å². The van der Waals surface area contributed by atoms with Gasteiger partial charge >= 0.3 is 0 Å². The molecular formula is C30H43F3N2. The molecule has 3 rings (SSSR count). The summed E-state index contributed by atoms with van der Waals surface area (Å²) in [6, 6.07) is 5.46. The zero-order valence-electron chi connectivity index (χ0n) is 21.9. The number of hydrogen-bond donors (Lipinski definition) is 0. The number of unbranched alkanes of at least 4 members (excludes halogenated alkanes) is 7. The molecule has 2 unspecified atom stereocenters. The molecule has 1 aliphatic carbocycles. The van der Waals surface area contributed by atoms with Crippen LogP contribution in [0.3, 0.4) is 0 Å². The van der Waals surface area contributed by atoms with Gasteiger partial charge in [0, 0.05) is 12.1 Å². The Labute approximate surface area is 210 Å². The predicted octanol–water partition coefficient (Wildman–Crippen LogP) is 9.45. The van der Waals surface area contributed by atoms with Crippen LogP contribution in [0, 0.1) is 17.8 Å². The van der Waals surface area contributed by atoms with Crippen LogP contribution >= 0.6 is 0 Å². The first-order valence-corrected chi connectivity index (χ1v) is 13.9. The SMILES string of the molecule is CCCCCCCCCC1CCc2cc(-c3ccc(CC(C)CCCC)cn3)nc(F)c2C1(F)F. The van der Waals surface area contributed by atoms with E-state index in [2.05, 4.69) is 30.7 Å². The van der Waals surface area contributed by atoms with Crippen LogP contribution in [0.15, 0.2) is 24.4 Å². The molecule has 2 atom stereocenters. The molecule has 0 amide bonds. The molecule has 0 N–H and O–H groups in total. The maximum Gasteiger partial charge on any atom is 0.280 e. The molecule has 0 spiro atoms. The molecule has 2 heterocycles. The number of halogens is 3. The van der Waals surface area contributed by atoms with Gasteiger partial charge in [0.1, 0.15) is 0 Å². The third kappa shape index (κ3) is 7.54. The molecule has 0 aliphatic heterocycles. The number of pyridine rings is 2. The number of nitrogens with zero attached hydrogens (tertiary/aromatic N) is 2. The summed E-state index contributed by atoms with van der Waals surface area (Å²) >= 11 is 0. The zero-order chi connectivity index (χ0) is 25.3. The highest BCUT2D eigenvalue weighted by atomic mass is 19.3. The topological polar surface area (TPSA) is 25.8 Å². The van der Waals surface area contributed by atoms with Crippen LogP contribution in [-0.4, -0.2) is 9.97 Å². The van der Waals surface area contributed by atoms with Crippen LogP contribution in [0.4, 0.5) is 13.2 Å². The van der Waals surface area contributed by atoms with Gasteiger partial charge in [-0.15, -0.1) is 0 Å². The number of aromatic nitrogens is 2. The molecule has 0 fully saturated rings. The second-order valence-electron chi connectivity index (χ2n) is 10.6. The van der Waals surface area contributed by atoms with Crippen molar-refractivity contribution in [2.75, 3.05) is 0 Å². The van der Waals surface area contributed by atoms with Crippen LogP contribution in [-0.2, 0) is 18.8 Å². The molecule has 0 saturated carbocycles. The molecule has 0 aromatic carbocycles. The molecule has 2 aromatic heterocycles. The number of aryl methyl sites for hydroxylation is 1. The van der Waals surface area contributed by atoms with Gasteiger partial charge in [-0.3, -0.25) is 4.98 Å². The smallest absolute Gasteiger partial charge is 0.254 e. The van der Waals surface area contributed by atoms with Crippen molar-refractivity contribution >= 4 is 0 Å². The zero-order valence-corrected chi connectivity index (χ0v) is 21.9. The van der Waals surface area contributed by atoms with Crippen molar-refractivity contribution in [3.63, 3.8) is 0 Å². The molecule has 194 valence electrons. The van der Waals surface area contributed by atoms with E-state index in [0.717, 1.165) is 31.2 Å². The predicted molar refractivity (Wildman–Crippen MR) is 138 cm³/mol. The highest BCUT2D eigenvalue weighted by Gasteiger charge is 2.47. The van der Waals surface area contributed by atoms with E-state index in [1.165, 1.54) is 44.9 Å². The minimum absolute atomic E-state index is 0.341. The largest absolute Gasteiger partial charge is 0.280 e. The Morgan fingerprint density at radius 1 is 0.971 bits per heavy atom. The number of alkyl halides is 2. The highest BCUT2D eigenvalue weighted by Crippen LogP contribution is 2.47. The van der Waals surface area contributed by atoms with E-state index in [9.17, 15) is 4.39 Å². The van der Waals surface area contributed by atoms with Crippen molar-refractivity contribution in [2.45, 2.75) is 117 Å². The second kappa shape index (κ2) is 13.4. The van der Waals surface area contributed by atoms with Gasteiger partial charge in [-0.2, -0.15) is 4.39 Å². The molecule has 2 aromatic rings. The Morgan fingerprint density at radius 2 is 1.69 bits per heavy atom. The van der Waals surface area contributed by atoms with Gasteiger partial charge in [0.15, 0.2) is 0 Å². The van der Waals surface area contributed by atoms with Crippen molar-refractivity contribution < 1.29 is 13.2 Å². The first-order valence-electron chi connectivity index (χ1n) is 13.9. The minimum Gasteiger partial charge on any atom is -0.254 e. The van der Waals surface area contributed by atoms with Gasteiger partial charge in [0.2, 0.25) is 5.95 Å². The van der Waals surface area contributed by atoms with Gasteiger partial charge in [-0.05, 0) is 54.9 Å². The van der Waals surface area contributed by atoms with Gasteiger partial charge < -0.3 is 0 Å². The lowest BCUT2D eigenvalue weighted by molar-refractivity contribution is -0.0824. The number of fused-ring (bicyclic) bond motifs is 1. The Morgan fingerprint density at radius 3 is 2.37 bits per heavy atom. The summed E-state index contributed by atoms with van der Waals surface area (Å²) in [5, 5.41) is 0. The first-order chi connectivity index (χ1) is 16.9. The minimum atomic E-state index is -3.17. The molecule has 0 bridgehead atoms. The number of rotatable bonds is 14. The Balaban J connectivity index is 1.64. The van der Waals surface area contributed by atoms with Crippen LogP contribution in [0.2, 0.25) is 0 Å². The van der Waals surface area contributed by atoms with Crippen LogP contribution in [0.25, 0.3) is 11.4 Å². The van der Waals surface area contributed by atoms with Crippen LogP contribution < -0.4 is 0 Å². The standard InChI is InChI=1S/C30H43F3N2/c1-4-6-8-9-10-11-12-14-25-17-16-24-20-27(35-29(31)28(24)30(25,32)33)26-18-15-23(21-34-26)19-22(3)13-7-5-2/h15,18,20-22,25H,4-14,16-17,19H2,1-3H3. The highest BCUT2D eigenvalue weighted by molar-refractivity contribution is 5.57.